The highest BCUT2D eigenvalue weighted by Crippen LogP contribution is 2.38. The first kappa shape index (κ1) is 19.2. The van der Waals surface area contributed by atoms with Crippen LogP contribution >= 0.6 is 0 Å². The minimum Gasteiger partial charge on any atom is -0.496 e. The second-order valence-corrected chi connectivity index (χ2v) is 6.32. The summed E-state index contributed by atoms with van der Waals surface area (Å²) in [4.78, 5) is 20.3. The third-order valence-corrected chi connectivity index (χ3v) is 4.79. The molecular formula is C20H19FN4O3. The summed E-state index contributed by atoms with van der Waals surface area (Å²) in [5.74, 6) is -0.752. The van der Waals surface area contributed by atoms with Crippen LogP contribution in [0.4, 0.5) is 15.9 Å². The number of nitrogen functional groups attached to an aromatic ring is 1. The molecular weight excluding hydrogens is 363 g/mol. The molecule has 2 N–H and O–H groups in total. The molecule has 0 aliphatic rings. The van der Waals surface area contributed by atoms with Crippen molar-refractivity contribution < 1.29 is 18.7 Å². The molecule has 3 aromatic rings. The normalized spacial score (nSPS) is 10.8. The fraction of sp³-hybridized carbons (Fsp3) is 0.250. The van der Waals surface area contributed by atoms with Gasteiger partial charge in [0.15, 0.2) is 0 Å². The molecule has 2 aromatic heterocycles. The summed E-state index contributed by atoms with van der Waals surface area (Å²) in [5.41, 5.74) is 8.89. The van der Waals surface area contributed by atoms with Crippen molar-refractivity contribution in [1.82, 2.24) is 9.55 Å². The molecule has 0 radical (unpaired) electrons. The average molecular weight is 382 g/mol. The maximum atomic E-state index is 14.6. The lowest BCUT2D eigenvalue weighted by atomic mass is 10.1. The fourth-order valence-corrected chi connectivity index (χ4v) is 3.35. The number of nitrogens with two attached hydrogens (primary N) is 1. The summed E-state index contributed by atoms with van der Waals surface area (Å²) in [6, 6.07) is 2.85. The van der Waals surface area contributed by atoms with Crippen molar-refractivity contribution in [3.05, 3.63) is 51.8 Å². The number of carbonyl (C=O) groups excluding carboxylic acids is 1. The maximum absolute atomic E-state index is 14.6. The van der Waals surface area contributed by atoms with Crippen molar-refractivity contribution in [2.24, 2.45) is 0 Å². The number of hydrogen-bond donors (Lipinski definition) is 1. The summed E-state index contributed by atoms with van der Waals surface area (Å²) in [5, 5.41) is 0.364. The number of aryl methyl sites for hydroxylation is 1. The Balaban J connectivity index is 2.56. The smallest absolute Gasteiger partial charge is 0.342 e. The SMILES string of the molecule is [C-]#[N+]c1cc2c(C(=O)OC)c(N)n(-c3c(C)c(F)cc(OC)c3C)c2nc1C. The highest BCUT2D eigenvalue weighted by molar-refractivity contribution is 6.10. The van der Waals surface area contributed by atoms with Crippen LogP contribution in [-0.4, -0.2) is 29.7 Å². The van der Waals surface area contributed by atoms with Gasteiger partial charge in [-0.25, -0.2) is 19.0 Å². The molecule has 0 spiro atoms. The summed E-state index contributed by atoms with van der Waals surface area (Å²) < 4.78 is 26.2. The lowest BCUT2D eigenvalue weighted by molar-refractivity contribution is 0.0604. The first-order valence-electron chi connectivity index (χ1n) is 8.38. The van der Waals surface area contributed by atoms with Crippen LogP contribution in [0, 0.1) is 33.2 Å². The number of hydrogen-bond acceptors (Lipinski definition) is 5. The first-order chi connectivity index (χ1) is 13.3. The first-order valence-corrected chi connectivity index (χ1v) is 8.38. The topological polar surface area (TPSA) is 83.7 Å². The molecule has 0 aliphatic heterocycles. The van der Waals surface area contributed by atoms with Crippen molar-refractivity contribution in [3.63, 3.8) is 0 Å². The van der Waals surface area contributed by atoms with Gasteiger partial charge >= 0.3 is 5.97 Å². The Bertz CT molecular complexity index is 1180. The van der Waals surface area contributed by atoms with Crippen molar-refractivity contribution in [3.8, 4) is 11.4 Å². The zero-order chi connectivity index (χ0) is 20.7. The predicted octanol–water partition coefficient (Wildman–Crippen LogP) is 4.02. The van der Waals surface area contributed by atoms with E-state index >= 15 is 0 Å². The second kappa shape index (κ2) is 6.85. The molecule has 0 saturated heterocycles. The number of rotatable bonds is 3. The number of pyridine rings is 1. The predicted molar refractivity (Wildman–Crippen MR) is 104 cm³/mol. The van der Waals surface area contributed by atoms with Gasteiger partial charge in [0.1, 0.15) is 28.6 Å². The van der Waals surface area contributed by atoms with Crippen LogP contribution in [0.2, 0.25) is 0 Å². The Morgan fingerprint density at radius 1 is 1.25 bits per heavy atom. The number of aromatic nitrogens is 2. The van der Waals surface area contributed by atoms with Gasteiger partial charge in [-0.3, -0.25) is 4.57 Å². The molecule has 7 nitrogen and oxygen atoms in total. The van der Waals surface area contributed by atoms with E-state index in [-0.39, 0.29) is 11.4 Å². The van der Waals surface area contributed by atoms with Gasteiger partial charge in [-0.15, -0.1) is 0 Å². The number of nitrogens with zero attached hydrogens (tertiary/aromatic N) is 3. The van der Waals surface area contributed by atoms with E-state index < -0.39 is 11.8 Å². The number of benzene rings is 1. The Morgan fingerprint density at radius 2 is 1.93 bits per heavy atom. The minimum atomic E-state index is -0.665. The van der Waals surface area contributed by atoms with Gasteiger partial charge in [-0.05, 0) is 26.8 Å². The van der Waals surface area contributed by atoms with E-state index in [9.17, 15) is 9.18 Å². The van der Waals surface area contributed by atoms with Crippen molar-refractivity contribution in [2.45, 2.75) is 20.8 Å². The van der Waals surface area contributed by atoms with Gasteiger partial charge < -0.3 is 15.2 Å². The third-order valence-electron chi connectivity index (χ3n) is 4.79. The van der Waals surface area contributed by atoms with E-state index in [2.05, 4.69) is 9.83 Å². The van der Waals surface area contributed by atoms with E-state index in [1.54, 1.807) is 26.8 Å². The van der Waals surface area contributed by atoms with Crippen LogP contribution in [0.25, 0.3) is 21.6 Å². The van der Waals surface area contributed by atoms with Gasteiger partial charge in [0.2, 0.25) is 5.69 Å². The van der Waals surface area contributed by atoms with Crippen molar-refractivity contribution in [1.29, 1.82) is 0 Å². The van der Waals surface area contributed by atoms with E-state index in [1.165, 1.54) is 24.9 Å². The lowest BCUT2D eigenvalue weighted by Gasteiger charge is -2.17. The molecule has 0 aliphatic carbocycles. The summed E-state index contributed by atoms with van der Waals surface area (Å²) in [7, 11) is 2.69. The Labute approximate surface area is 161 Å². The molecule has 144 valence electrons. The van der Waals surface area contributed by atoms with Crippen LogP contribution in [0.5, 0.6) is 5.75 Å². The number of carbonyl (C=O) groups is 1. The van der Waals surface area contributed by atoms with Crippen molar-refractivity contribution in [2.75, 3.05) is 20.0 Å². The van der Waals surface area contributed by atoms with E-state index in [0.717, 1.165) is 0 Å². The molecule has 0 unspecified atom stereocenters. The monoisotopic (exact) mass is 382 g/mol. The molecule has 0 bridgehead atoms. The van der Waals surface area contributed by atoms with Gasteiger partial charge in [-0.1, -0.05) is 0 Å². The third kappa shape index (κ3) is 2.63. The van der Waals surface area contributed by atoms with Gasteiger partial charge in [-0.2, -0.15) is 0 Å². The summed E-state index contributed by atoms with van der Waals surface area (Å²) in [6.07, 6.45) is 0. The van der Waals surface area contributed by atoms with E-state index in [4.69, 9.17) is 21.8 Å². The van der Waals surface area contributed by atoms with E-state index in [0.29, 0.717) is 45.0 Å². The van der Waals surface area contributed by atoms with Crippen LogP contribution in [0.3, 0.4) is 0 Å². The Kier molecular flexibility index (Phi) is 4.69. The Morgan fingerprint density at radius 3 is 2.50 bits per heavy atom. The van der Waals surface area contributed by atoms with Gasteiger partial charge in [0.05, 0.1) is 26.5 Å². The molecule has 28 heavy (non-hydrogen) atoms. The molecule has 0 amide bonds. The number of ether oxygens (including phenoxy) is 2. The second-order valence-electron chi connectivity index (χ2n) is 6.32. The largest absolute Gasteiger partial charge is 0.496 e. The Hall–Kier alpha value is -3.60. The number of methoxy groups -OCH3 is 2. The molecule has 0 saturated carbocycles. The van der Waals surface area contributed by atoms with Gasteiger partial charge in [0, 0.05) is 28.3 Å². The summed E-state index contributed by atoms with van der Waals surface area (Å²) >= 11 is 0. The minimum absolute atomic E-state index is 0.0507. The van der Waals surface area contributed by atoms with E-state index in [1.807, 2.05) is 0 Å². The average Bonchev–Trinajstić information content (AvgIpc) is 2.94. The maximum Gasteiger partial charge on any atom is 0.342 e. The number of anilines is 1. The quantitative estimate of drug-likeness (QED) is 0.546. The summed E-state index contributed by atoms with van der Waals surface area (Å²) in [6.45, 7) is 12.4. The highest BCUT2D eigenvalue weighted by atomic mass is 19.1. The highest BCUT2D eigenvalue weighted by Gasteiger charge is 2.27. The van der Waals surface area contributed by atoms with Crippen LogP contribution < -0.4 is 10.5 Å². The molecule has 0 fully saturated rings. The zero-order valence-corrected chi connectivity index (χ0v) is 16.2. The van der Waals surface area contributed by atoms with Crippen molar-refractivity contribution >= 4 is 28.5 Å². The molecule has 8 heteroatoms. The van der Waals surface area contributed by atoms with Gasteiger partial charge in [0.25, 0.3) is 0 Å². The zero-order valence-electron chi connectivity index (χ0n) is 16.2. The van der Waals surface area contributed by atoms with Crippen LogP contribution in [-0.2, 0) is 4.74 Å². The van der Waals surface area contributed by atoms with Crippen LogP contribution in [0.1, 0.15) is 27.2 Å². The standard InChI is InChI=1S/C20H19FN4O3/c1-9-13(21)8-15(27-5)10(2)17(9)25-18(22)16(20(26)28-6)12-7-14(23-4)11(3)24-19(12)25/h7-8H,22H2,1-3,5-6H3. The molecule has 3 rings (SSSR count). The number of fused-ring (bicyclic) bond motifs is 1. The molecule has 2 heterocycles. The number of halogens is 1. The molecule has 0 atom stereocenters. The number of esters is 1. The van der Waals surface area contributed by atoms with Crippen LogP contribution in [0.15, 0.2) is 12.1 Å². The fourth-order valence-electron chi connectivity index (χ4n) is 3.35. The molecule has 1 aromatic carbocycles. The lowest BCUT2D eigenvalue weighted by Crippen LogP contribution is -2.10.